The third-order valence-electron chi connectivity index (χ3n) is 5.55. The fourth-order valence-electron chi connectivity index (χ4n) is 3.37. The van der Waals surface area contributed by atoms with Crippen molar-refractivity contribution in [3.63, 3.8) is 0 Å². The van der Waals surface area contributed by atoms with Gasteiger partial charge in [0, 0.05) is 24.7 Å². The van der Waals surface area contributed by atoms with Crippen LogP contribution in [0, 0.1) is 5.82 Å². The molecule has 1 saturated heterocycles. The van der Waals surface area contributed by atoms with E-state index in [1.54, 1.807) is 30.3 Å². The van der Waals surface area contributed by atoms with E-state index in [9.17, 15) is 22.4 Å². The molecule has 0 spiro atoms. The number of oxazole rings is 1. The maximum atomic E-state index is 14.0. The highest BCUT2D eigenvalue weighted by atomic mass is 19.4. The summed E-state index contributed by atoms with van der Waals surface area (Å²) in [5.74, 6) is -2.52. The van der Waals surface area contributed by atoms with E-state index in [1.807, 2.05) is 17.0 Å². The summed E-state index contributed by atoms with van der Waals surface area (Å²) in [6, 6.07) is 14.0. The molecule has 11 heteroatoms. The van der Waals surface area contributed by atoms with Gasteiger partial charge >= 0.3 is 12.1 Å². The van der Waals surface area contributed by atoms with Crippen molar-refractivity contribution in [1.29, 1.82) is 0 Å². The molecule has 2 heterocycles. The van der Waals surface area contributed by atoms with Gasteiger partial charge in [-0.05, 0) is 37.9 Å². The number of carbonyl (C=O) groups excluding carboxylic acids is 1. The first-order valence-corrected chi connectivity index (χ1v) is 10.6. The lowest BCUT2D eigenvalue weighted by Gasteiger charge is -2.43. The van der Waals surface area contributed by atoms with Gasteiger partial charge in [0.1, 0.15) is 5.82 Å². The maximum absolute atomic E-state index is 14.0. The fourth-order valence-corrected chi connectivity index (χ4v) is 3.37. The number of aliphatic carboxylic acids is 1. The minimum Gasteiger partial charge on any atom is -0.475 e. The number of alkyl halides is 3. The van der Waals surface area contributed by atoms with E-state index >= 15 is 0 Å². The van der Waals surface area contributed by atoms with Crippen molar-refractivity contribution >= 4 is 11.9 Å². The van der Waals surface area contributed by atoms with Gasteiger partial charge in [-0.3, -0.25) is 4.79 Å². The van der Waals surface area contributed by atoms with Crippen molar-refractivity contribution in [3.8, 4) is 22.8 Å². The topological polar surface area (TPSA) is 86.9 Å². The van der Waals surface area contributed by atoms with Gasteiger partial charge in [-0.25, -0.2) is 14.2 Å². The molecule has 1 N–H and O–H groups in total. The molecule has 4 rings (SSSR count). The first-order valence-electron chi connectivity index (χ1n) is 10.6. The monoisotopic (exact) mass is 493 g/mol. The van der Waals surface area contributed by atoms with Crippen molar-refractivity contribution in [1.82, 2.24) is 14.8 Å². The highest BCUT2D eigenvalue weighted by Gasteiger charge is 2.38. The number of hydrogen-bond acceptors (Lipinski definition) is 5. The Bertz CT molecular complexity index is 1190. The Morgan fingerprint density at radius 1 is 1.11 bits per heavy atom. The van der Waals surface area contributed by atoms with Gasteiger partial charge < -0.3 is 19.3 Å². The highest BCUT2D eigenvalue weighted by Crippen LogP contribution is 2.30. The number of carboxylic acids is 1. The average Bonchev–Trinajstić information content (AvgIpc) is 3.27. The normalized spacial score (nSPS) is 13.7. The molecule has 0 radical (unpaired) electrons. The molecule has 0 bridgehead atoms. The molecular weight excluding hydrogens is 470 g/mol. The second-order valence-electron chi connectivity index (χ2n) is 7.80. The van der Waals surface area contributed by atoms with Gasteiger partial charge in [0.15, 0.2) is 5.76 Å². The van der Waals surface area contributed by atoms with Crippen LogP contribution in [0.5, 0.6) is 0 Å². The molecule has 7 nitrogen and oxygen atoms in total. The predicted octanol–water partition coefficient (Wildman–Crippen LogP) is 4.56. The van der Waals surface area contributed by atoms with Gasteiger partial charge in [-0.15, -0.1) is 0 Å². The number of aromatic nitrogens is 1. The number of rotatable bonds is 5. The number of halogens is 4. The molecular formula is C24H23F4N3O4. The number of carboxylic acid groups (broad SMARTS) is 1. The van der Waals surface area contributed by atoms with Crippen molar-refractivity contribution in [3.05, 3.63) is 66.1 Å². The minimum atomic E-state index is -5.08. The first kappa shape index (κ1) is 25.9. The predicted molar refractivity (Wildman–Crippen MR) is 119 cm³/mol. The van der Waals surface area contributed by atoms with Crippen molar-refractivity contribution < 1.29 is 36.7 Å². The third kappa shape index (κ3) is 6.04. The molecule has 0 aliphatic carbocycles. The lowest BCUT2D eigenvalue weighted by Crippen LogP contribution is -2.60. The molecule has 2 aromatic carbocycles. The van der Waals surface area contributed by atoms with Gasteiger partial charge in [0.05, 0.1) is 17.3 Å². The number of carbonyl (C=O) groups is 2. The van der Waals surface area contributed by atoms with Crippen LogP contribution in [0.2, 0.25) is 0 Å². The average molecular weight is 493 g/mol. The zero-order chi connectivity index (χ0) is 25.8. The smallest absolute Gasteiger partial charge is 0.475 e. The molecule has 1 fully saturated rings. The molecule has 1 aromatic heterocycles. The van der Waals surface area contributed by atoms with E-state index in [2.05, 4.69) is 23.9 Å². The molecule has 35 heavy (non-hydrogen) atoms. The van der Waals surface area contributed by atoms with E-state index < -0.39 is 12.1 Å². The van der Waals surface area contributed by atoms with Gasteiger partial charge in [0.2, 0.25) is 5.89 Å². The number of nitrogens with zero attached hydrogens (tertiary/aromatic N) is 3. The third-order valence-corrected chi connectivity index (χ3v) is 5.55. The van der Waals surface area contributed by atoms with Crippen LogP contribution in [0.15, 0.2) is 59.1 Å². The second-order valence-corrected chi connectivity index (χ2v) is 7.80. The van der Waals surface area contributed by atoms with Crippen LogP contribution in [-0.2, 0) is 4.79 Å². The van der Waals surface area contributed by atoms with Crippen LogP contribution in [-0.4, -0.2) is 70.7 Å². The Labute approximate surface area is 198 Å². The summed E-state index contributed by atoms with van der Waals surface area (Å²) < 4.78 is 51.6. The second kappa shape index (κ2) is 10.7. The molecule has 3 aromatic rings. The summed E-state index contributed by atoms with van der Waals surface area (Å²) in [6.45, 7) is 4.49. The lowest BCUT2D eigenvalue weighted by atomic mass is 10.0. The zero-order valence-corrected chi connectivity index (χ0v) is 18.9. The Hall–Kier alpha value is -3.73. The number of likely N-dealkylation sites (N-methyl/N-ethyl adjacent to an activating group) is 1. The van der Waals surface area contributed by atoms with Crippen LogP contribution in [0.4, 0.5) is 17.6 Å². The summed E-state index contributed by atoms with van der Waals surface area (Å²) in [7, 11) is 2.07. The standard InChI is InChI=1S/C22H22FN3O2.C2HF3O2/c1-3-25(2)15-13-26(14-15)22(27)17-9-5-4-8-16(17)21-24-12-20(28-21)18-10-6-7-11-19(18)23;3-2(4,5)1(6)7/h4-12,15H,3,13-14H2,1-2H3;(H,6,7). The highest BCUT2D eigenvalue weighted by molar-refractivity contribution is 6.00. The number of amides is 1. The van der Waals surface area contributed by atoms with Gasteiger partial charge in [0.25, 0.3) is 5.91 Å². The lowest BCUT2D eigenvalue weighted by molar-refractivity contribution is -0.192. The molecule has 0 atom stereocenters. The first-order chi connectivity index (χ1) is 16.5. The van der Waals surface area contributed by atoms with Gasteiger partial charge in [-0.1, -0.05) is 31.2 Å². The maximum Gasteiger partial charge on any atom is 0.490 e. The molecule has 1 amide bonds. The Morgan fingerprint density at radius 3 is 2.26 bits per heavy atom. The summed E-state index contributed by atoms with van der Waals surface area (Å²) in [5.41, 5.74) is 1.50. The van der Waals surface area contributed by atoms with E-state index in [0.29, 0.717) is 47.5 Å². The summed E-state index contributed by atoms with van der Waals surface area (Å²) in [5, 5.41) is 7.12. The van der Waals surface area contributed by atoms with E-state index in [0.717, 1.165) is 6.54 Å². The van der Waals surface area contributed by atoms with Gasteiger partial charge in [-0.2, -0.15) is 13.2 Å². The molecule has 0 unspecified atom stereocenters. The number of benzene rings is 2. The van der Waals surface area contributed by atoms with Crippen LogP contribution in [0.1, 0.15) is 17.3 Å². The van der Waals surface area contributed by atoms with Crippen LogP contribution < -0.4 is 0 Å². The summed E-state index contributed by atoms with van der Waals surface area (Å²) in [4.78, 5) is 30.2. The zero-order valence-electron chi connectivity index (χ0n) is 18.9. The van der Waals surface area contributed by atoms with E-state index in [4.69, 9.17) is 14.3 Å². The Kier molecular flexibility index (Phi) is 7.90. The van der Waals surface area contributed by atoms with Crippen molar-refractivity contribution in [2.45, 2.75) is 19.1 Å². The molecule has 1 aliphatic rings. The van der Waals surface area contributed by atoms with Crippen molar-refractivity contribution in [2.24, 2.45) is 0 Å². The summed E-state index contributed by atoms with van der Waals surface area (Å²) in [6.07, 6.45) is -3.59. The van der Waals surface area contributed by atoms with Crippen molar-refractivity contribution in [2.75, 3.05) is 26.7 Å². The number of likely N-dealkylation sites (tertiary alicyclic amines) is 1. The van der Waals surface area contributed by atoms with Crippen LogP contribution >= 0.6 is 0 Å². The Balaban J connectivity index is 0.000000429. The van der Waals surface area contributed by atoms with E-state index in [-0.39, 0.29) is 11.7 Å². The fraction of sp³-hybridized carbons (Fsp3) is 0.292. The number of hydrogen-bond donors (Lipinski definition) is 1. The summed E-state index contributed by atoms with van der Waals surface area (Å²) >= 11 is 0. The molecule has 1 aliphatic heterocycles. The van der Waals surface area contributed by atoms with Crippen LogP contribution in [0.3, 0.4) is 0 Å². The van der Waals surface area contributed by atoms with Crippen LogP contribution in [0.25, 0.3) is 22.8 Å². The quantitative estimate of drug-likeness (QED) is 0.525. The molecule has 186 valence electrons. The largest absolute Gasteiger partial charge is 0.490 e. The molecule has 0 saturated carbocycles. The minimum absolute atomic E-state index is 0.0398. The van der Waals surface area contributed by atoms with E-state index in [1.165, 1.54) is 12.3 Å². The SMILES string of the molecule is CCN(C)C1CN(C(=O)c2ccccc2-c2ncc(-c3ccccc3F)o2)C1.O=C(O)C(F)(F)F. The Morgan fingerprint density at radius 2 is 1.69 bits per heavy atom.